The van der Waals surface area contributed by atoms with Gasteiger partial charge in [-0.05, 0) is 32.4 Å². The van der Waals surface area contributed by atoms with Crippen molar-refractivity contribution in [3.8, 4) is 0 Å². The minimum Gasteiger partial charge on any atom is -0.351 e. The average Bonchev–Trinajstić information content (AvgIpc) is 2.91. The fraction of sp³-hybridized carbons (Fsp3) is 0.462. The molecule has 2 aromatic rings. The van der Waals surface area contributed by atoms with Crippen LogP contribution in [0.4, 0.5) is 0 Å². The summed E-state index contributed by atoms with van der Waals surface area (Å²) in [5, 5.41) is 11.2. The van der Waals surface area contributed by atoms with E-state index in [9.17, 15) is 4.79 Å². The molecule has 0 spiro atoms. The van der Waals surface area contributed by atoms with E-state index in [1.54, 1.807) is 24.0 Å². The first-order valence-electron chi connectivity index (χ1n) is 6.35. The maximum atomic E-state index is 11.9. The van der Waals surface area contributed by atoms with E-state index in [4.69, 9.17) is 0 Å². The maximum Gasteiger partial charge on any atom is 0.269 e. The van der Waals surface area contributed by atoms with Crippen LogP contribution in [0.15, 0.2) is 18.3 Å². The molecule has 0 aliphatic carbocycles. The number of nitrogens with one attached hydrogen (secondary N) is 1. The summed E-state index contributed by atoms with van der Waals surface area (Å²) >= 11 is 0. The van der Waals surface area contributed by atoms with Crippen molar-refractivity contribution in [1.82, 2.24) is 24.9 Å². The summed E-state index contributed by atoms with van der Waals surface area (Å²) in [4.78, 5) is 11.9. The average molecular weight is 261 g/mol. The van der Waals surface area contributed by atoms with Crippen molar-refractivity contribution in [2.75, 3.05) is 6.54 Å². The van der Waals surface area contributed by atoms with E-state index < -0.39 is 0 Å². The molecule has 0 radical (unpaired) electrons. The zero-order valence-electron chi connectivity index (χ0n) is 11.6. The van der Waals surface area contributed by atoms with Gasteiger partial charge < -0.3 is 5.32 Å². The lowest BCUT2D eigenvalue weighted by molar-refractivity contribution is 0.0943. The normalized spacial score (nSPS) is 10.7. The molecule has 0 aromatic carbocycles. The molecule has 1 N–H and O–H groups in total. The Morgan fingerprint density at radius 1 is 1.42 bits per heavy atom. The highest BCUT2D eigenvalue weighted by molar-refractivity contribution is 5.92. The number of hydrogen-bond donors (Lipinski definition) is 1. The Kier molecular flexibility index (Phi) is 3.99. The topological polar surface area (TPSA) is 64.7 Å². The quantitative estimate of drug-likeness (QED) is 0.818. The number of amides is 1. The molecule has 1 amide bonds. The summed E-state index contributed by atoms with van der Waals surface area (Å²) in [6.07, 6.45) is 2.64. The molecule has 0 aliphatic heterocycles. The number of rotatable bonds is 5. The Balaban J connectivity index is 1.78. The minimum atomic E-state index is -0.0831. The Morgan fingerprint density at radius 3 is 2.79 bits per heavy atom. The van der Waals surface area contributed by atoms with E-state index in [1.165, 1.54) is 0 Å². The molecule has 0 unspecified atom stereocenters. The van der Waals surface area contributed by atoms with Gasteiger partial charge in [-0.25, -0.2) is 0 Å². The van der Waals surface area contributed by atoms with E-state index in [0.29, 0.717) is 12.2 Å². The van der Waals surface area contributed by atoms with E-state index >= 15 is 0 Å². The van der Waals surface area contributed by atoms with Crippen LogP contribution in [0.25, 0.3) is 0 Å². The number of carbonyl (C=O) groups is 1. The van der Waals surface area contributed by atoms with Crippen LogP contribution in [0, 0.1) is 13.8 Å². The van der Waals surface area contributed by atoms with Gasteiger partial charge in [0, 0.05) is 32.0 Å². The van der Waals surface area contributed by atoms with Gasteiger partial charge in [0.2, 0.25) is 0 Å². The largest absolute Gasteiger partial charge is 0.351 e. The van der Waals surface area contributed by atoms with Gasteiger partial charge >= 0.3 is 0 Å². The van der Waals surface area contributed by atoms with Crippen LogP contribution in [0.3, 0.4) is 0 Å². The van der Waals surface area contributed by atoms with E-state index in [2.05, 4.69) is 15.5 Å². The number of hydrogen-bond acceptors (Lipinski definition) is 3. The van der Waals surface area contributed by atoms with Crippen molar-refractivity contribution in [3.63, 3.8) is 0 Å². The van der Waals surface area contributed by atoms with Crippen LogP contribution in [-0.2, 0) is 13.6 Å². The van der Waals surface area contributed by atoms with Gasteiger partial charge in [0.25, 0.3) is 5.91 Å². The zero-order chi connectivity index (χ0) is 13.8. The summed E-state index contributed by atoms with van der Waals surface area (Å²) in [5.41, 5.74) is 2.57. The number of aryl methyl sites for hydroxylation is 4. The van der Waals surface area contributed by atoms with Crippen molar-refractivity contribution in [3.05, 3.63) is 35.4 Å². The summed E-state index contributed by atoms with van der Waals surface area (Å²) in [7, 11) is 1.77. The van der Waals surface area contributed by atoms with Crippen LogP contribution in [0.5, 0.6) is 0 Å². The number of nitrogens with zero attached hydrogens (tertiary/aromatic N) is 4. The second-order valence-corrected chi connectivity index (χ2v) is 4.60. The van der Waals surface area contributed by atoms with Gasteiger partial charge in [-0.2, -0.15) is 10.2 Å². The van der Waals surface area contributed by atoms with Crippen LogP contribution >= 0.6 is 0 Å². The maximum absolute atomic E-state index is 11.9. The molecule has 0 aliphatic rings. The molecule has 0 saturated carbocycles. The molecule has 0 saturated heterocycles. The molecular weight excluding hydrogens is 242 g/mol. The van der Waals surface area contributed by atoms with Crippen molar-refractivity contribution < 1.29 is 4.79 Å². The third-order valence-electron chi connectivity index (χ3n) is 3.00. The van der Waals surface area contributed by atoms with Gasteiger partial charge in [0.1, 0.15) is 5.69 Å². The summed E-state index contributed by atoms with van der Waals surface area (Å²) in [6.45, 7) is 5.33. The molecule has 6 heteroatoms. The minimum absolute atomic E-state index is 0.0831. The zero-order valence-corrected chi connectivity index (χ0v) is 11.6. The summed E-state index contributed by atoms with van der Waals surface area (Å²) in [6, 6.07) is 3.75. The van der Waals surface area contributed by atoms with Gasteiger partial charge in [-0.3, -0.25) is 14.2 Å². The van der Waals surface area contributed by atoms with Crippen LogP contribution in [-0.4, -0.2) is 32.0 Å². The van der Waals surface area contributed by atoms with E-state index in [0.717, 1.165) is 24.4 Å². The Morgan fingerprint density at radius 2 is 2.21 bits per heavy atom. The lowest BCUT2D eigenvalue weighted by Gasteiger charge is -2.06. The highest BCUT2D eigenvalue weighted by atomic mass is 16.2. The van der Waals surface area contributed by atoms with Crippen LogP contribution in [0.2, 0.25) is 0 Å². The number of aromatic nitrogens is 4. The Hall–Kier alpha value is -2.11. The predicted octanol–water partition coefficient (Wildman–Crippen LogP) is 1.05. The van der Waals surface area contributed by atoms with Gasteiger partial charge in [0.15, 0.2) is 0 Å². The first-order chi connectivity index (χ1) is 9.08. The Bertz CT molecular complexity index is 569. The SMILES string of the molecule is Cc1cc(C(=O)NCCCn2nccc2C)n(C)n1. The van der Waals surface area contributed by atoms with Crippen molar-refractivity contribution in [2.24, 2.45) is 7.05 Å². The van der Waals surface area contributed by atoms with Gasteiger partial charge in [0.05, 0.1) is 5.69 Å². The van der Waals surface area contributed by atoms with Crippen LogP contribution in [0.1, 0.15) is 28.3 Å². The van der Waals surface area contributed by atoms with Crippen molar-refractivity contribution >= 4 is 5.91 Å². The van der Waals surface area contributed by atoms with Crippen molar-refractivity contribution in [1.29, 1.82) is 0 Å². The van der Waals surface area contributed by atoms with Gasteiger partial charge in [-0.15, -0.1) is 0 Å². The molecule has 0 fully saturated rings. The molecule has 6 nitrogen and oxygen atoms in total. The first-order valence-corrected chi connectivity index (χ1v) is 6.35. The molecule has 2 aromatic heterocycles. The lowest BCUT2D eigenvalue weighted by atomic mass is 10.3. The number of carbonyl (C=O) groups excluding carboxylic acids is 1. The molecule has 102 valence electrons. The standard InChI is InChI=1S/C13H19N5O/c1-10-9-12(17(3)16-10)13(19)14-6-4-8-18-11(2)5-7-15-18/h5,7,9H,4,6,8H2,1-3H3,(H,14,19). The second-order valence-electron chi connectivity index (χ2n) is 4.60. The summed E-state index contributed by atoms with van der Waals surface area (Å²) < 4.78 is 3.53. The van der Waals surface area contributed by atoms with Crippen molar-refractivity contribution in [2.45, 2.75) is 26.8 Å². The molecular formula is C13H19N5O. The third-order valence-corrected chi connectivity index (χ3v) is 3.00. The molecule has 0 atom stereocenters. The molecule has 2 heterocycles. The lowest BCUT2D eigenvalue weighted by Crippen LogP contribution is -2.27. The molecule has 19 heavy (non-hydrogen) atoms. The van der Waals surface area contributed by atoms with Crippen LogP contribution < -0.4 is 5.32 Å². The molecule has 0 bridgehead atoms. The van der Waals surface area contributed by atoms with Gasteiger partial charge in [-0.1, -0.05) is 0 Å². The highest BCUT2D eigenvalue weighted by Gasteiger charge is 2.10. The smallest absolute Gasteiger partial charge is 0.269 e. The fourth-order valence-electron chi connectivity index (χ4n) is 1.98. The predicted molar refractivity (Wildman–Crippen MR) is 71.9 cm³/mol. The second kappa shape index (κ2) is 5.69. The first kappa shape index (κ1) is 13.3. The monoisotopic (exact) mass is 261 g/mol. The fourth-order valence-corrected chi connectivity index (χ4v) is 1.98. The van der Waals surface area contributed by atoms with E-state index in [1.807, 2.05) is 24.6 Å². The molecule has 2 rings (SSSR count). The summed E-state index contributed by atoms with van der Waals surface area (Å²) in [5.74, 6) is -0.0831. The highest BCUT2D eigenvalue weighted by Crippen LogP contribution is 2.01. The Labute approximate surface area is 112 Å². The van der Waals surface area contributed by atoms with E-state index in [-0.39, 0.29) is 5.91 Å². The third kappa shape index (κ3) is 3.21.